The number of carbonyl (C=O) groups is 2. The number of hydrogen-bond acceptors (Lipinski definition) is 5. The van der Waals surface area contributed by atoms with E-state index in [4.69, 9.17) is 9.47 Å². The van der Waals surface area contributed by atoms with Crippen LogP contribution in [-0.2, 0) is 19.1 Å². The van der Waals surface area contributed by atoms with Crippen LogP contribution in [0.1, 0.15) is 53.9 Å². The monoisotopic (exact) mass is 309 g/mol. The Morgan fingerprint density at radius 3 is 2.32 bits per heavy atom. The molecule has 22 heavy (non-hydrogen) atoms. The van der Waals surface area contributed by atoms with E-state index in [-0.39, 0.29) is 17.9 Å². The third-order valence-electron chi connectivity index (χ3n) is 3.83. The van der Waals surface area contributed by atoms with Crippen molar-refractivity contribution in [3.63, 3.8) is 0 Å². The molecule has 0 saturated carbocycles. The normalized spacial score (nSPS) is 21.4. The van der Waals surface area contributed by atoms with Crippen LogP contribution in [0.2, 0.25) is 0 Å². The summed E-state index contributed by atoms with van der Waals surface area (Å²) in [7, 11) is 0. The molecule has 0 amide bonds. The Hall–Kier alpha value is -1.65. The number of ether oxygens (including phenoxy) is 2. The molecule has 0 aliphatic carbocycles. The number of unbranched alkanes of at least 4 members (excludes halogenated alkanes) is 1. The van der Waals surface area contributed by atoms with Crippen LogP contribution in [0, 0.1) is 11.8 Å². The van der Waals surface area contributed by atoms with Gasteiger partial charge in [-0.05, 0) is 33.6 Å². The van der Waals surface area contributed by atoms with Crippen molar-refractivity contribution in [1.29, 1.82) is 0 Å². The number of hydrogen-bond donors (Lipinski definition) is 0. The molecule has 0 radical (unpaired) electrons. The minimum atomic E-state index is -0.510. The highest BCUT2D eigenvalue weighted by Gasteiger charge is 2.39. The van der Waals surface area contributed by atoms with Gasteiger partial charge in [0.2, 0.25) is 0 Å². The van der Waals surface area contributed by atoms with Crippen LogP contribution >= 0.6 is 0 Å². The molecule has 0 spiro atoms. The lowest BCUT2D eigenvalue weighted by Crippen LogP contribution is -2.36. The Kier molecular flexibility index (Phi) is 7.28. The van der Waals surface area contributed by atoms with E-state index in [2.05, 4.69) is 11.9 Å². The SMILES string of the molecule is CCCCC1=C(C(=O)OCC)C(C)C(C(=O)OCC)C(C)=N1. The maximum Gasteiger partial charge on any atom is 0.336 e. The second kappa shape index (κ2) is 8.71. The Morgan fingerprint density at radius 2 is 1.77 bits per heavy atom. The zero-order valence-electron chi connectivity index (χ0n) is 14.3. The summed E-state index contributed by atoms with van der Waals surface area (Å²) in [4.78, 5) is 29.0. The van der Waals surface area contributed by atoms with Crippen molar-refractivity contribution in [1.82, 2.24) is 0 Å². The Balaban J connectivity index is 3.18. The molecule has 5 nitrogen and oxygen atoms in total. The fraction of sp³-hybridized carbons (Fsp3) is 0.706. The predicted octanol–water partition coefficient (Wildman–Crippen LogP) is 3.28. The summed E-state index contributed by atoms with van der Waals surface area (Å²) in [6, 6.07) is 0. The molecular formula is C17H27NO4. The van der Waals surface area contributed by atoms with Crippen LogP contribution in [0.4, 0.5) is 0 Å². The molecule has 2 unspecified atom stereocenters. The molecule has 1 heterocycles. The molecule has 0 aromatic rings. The number of nitrogens with zero attached hydrogens (tertiary/aromatic N) is 1. The maximum absolute atomic E-state index is 12.3. The van der Waals surface area contributed by atoms with E-state index < -0.39 is 5.92 Å². The molecular weight excluding hydrogens is 282 g/mol. The molecule has 0 fully saturated rings. The van der Waals surface area contributed by atoms with E-state index in [0.29, 0.717) is 24.5 Å². The number of rotatable bonds is 7. The first-order valence-electron chi connectivity index (χ1n) is 8.09. The van der Waals surface area contributed by atoms with Crippen LogP contribution in [0.5, 0.6) is 0 Å². The highest BCUT2D eigenvalue weighted by Crippen LogP contribution is 2.34. The lowest BCUT2D eigenvalue weighted by atomic mass is 9.80. The molecule has 1 aliphatic rings. The van der Waals surface area contributed by atoms with Crippen molar-refractivity contribution < 1.29 is 19.1 Å². The van der Waals surface area contributed by atoms with Gasteiger partial charge in [-0.3, -0.25) is 9.79 Å². The lowest BCUT2D eigenvalue weighted by Gasteiger charge is -2.29. The van der Waals surface area contributed by atoms with Crippen LogP contribution in [-0.4, -0.2) is 30.9 Å². The van der Waals surface area contributed by atoms with Crippen molar-refractivity contribution >= 4 is 17.7 Å². The van der Waals surface area contributed by atoms with Crippen LogP contribution < -0.4 is 0 Å². The predicted molar refractivity (Wildman–Crippen MR) is 85.6 cm³/mol. The molecule has 0 aromatic carbocycles. The minimum absolute atomic E-state index is 0.276. The molecule has 1 rings (SSSR count). The first-order chi connectivity index (χ1) is 10.5. The summed E-state index contributed by atoms with van der Waals surface area (Å²) >= 11 is 0. The maximum atomic E-state index is 12.3. The van der Waals surface area contributed by atoms with Crippen molar-refractivity contribution in [2.45, 2.75) is 53.9 Å². The van der Waals surface area contributed by atoms with E-state index in [1.165, 1.54) is 0 Å². The van der Waals surface area contributed by atoms with Gasteiger partial charge in [0.05, 0.1) is 24.5 Å². The van der Waals surface area contributed by atoms with Gasteiger partial charge >= 0.3 is 11.9 Å². The second-order valence-corrected chi connectivity index (χ2v) is 5.46. The molecule has 0 saturated heterocycles. The minimum Gasteiger partial charge on any atom is -0.465 e. The van der Waals surface area contributed by atoms with E-state index >= 15 is 0 Å². The van der Waals surface area contributed by atoms with Gasteiger partial charge in [0.15, 0.2) is 0 Å². The Bertz CT molecular complexity index is 479. The van der Waals surface area contributed by atoms with E-state index in [1.54, 1.807) is 13.8 Å². The van der Waals surface area contributed by atoms with Crippen molar-refractivity contribution in [2.75, 3.05) is 13.2 Å². The quantitative estimate of drug-likeness (QED) is 0.677. The topological polar surface area (TPSA) is 65.0 Å². The highest BCUT2D eigenvalue weighted by atomic mass is 16.5. The van der Waals surface area contributed by atoms with Gasteiger partial charge in [-0.1, -0.05) is 20.3 Å². The number of esters is 2. The van der Waals surface area contributed by atoms with Gasteiger partial charge < -0.3 is 9.47 Å². The van der Waals surface area contributed by atoms with Gasteiger partial charge in [-0.15, -0.1) is 0 Å². The van der Waals surface area contributed by atoms with Gasteiger partial charge in [0.25, 0.3) is 0 Å². The summed E-state index contributed by atoms with van der Waals surface area (Å²) in [5.41, 5.74) is 2.00. The van der Waals surface area contributed by atoms with E-state index in [1.807, 2.05) is 13.8 Å². The second-order valence-electron chi connectivity index (χ2n) is 5.46. The standard InChI is InChI=1S/C17H27NO4/c1-6-9-10-13-15(17(20)22-8-3)11(4)14(12(5)18-13)16(19)21-7-2/h11,14H,6-10H2,1-5H3. The Morgan fingerprint density at radius 1 is 1.14 bits per heavy atom. The average Bonchev–Trinajstić information content (AvgIpc) is 2.45. The number of carbonyl (C=O) groups excluding carboxylic acids is 2. The summed E-state index contributed by atoms with van der Waals surface area (Å²) in [6.45, 7) is 9.96. The highest BCUT2D eigenvalue weighted by molar-refractivity contribution is 6.05. The zero-order valence-corrected chi connectivity index (χ0v) is 14.3. The number of allylic oxidation sites excluding steroid dienone is 1. The van der Waals surface area contributed by atoms with Crippen LogP contribution in [0.25, 0.3) is 0 Å². The van der Waals surface area contributed by atoms with Gasteiger partial charge in [-0.2, -0.15) is 0 Å². The van der Waals surface area contributed by atoms with Crippen LogP contribution in [0.15, 0.2) is 16.3 Å². The third-order valence-corrected chi connectivity index (χ3v) is 3.83. The third kappa shape index (κ3) is 4.18. The summed E-state index contributed by atoms with van der Waals surface area (Å²) in [6.07, 6.45) is 2.69. The van der Waals surface area contributed by atoms with E-state index in [0.717, 1.165) is 25.0 Å². The van der Waals surface area contributed by atoms with Gasteiger partial charge in [0, 0.05) is 11.6 Å². The fourth-order valence-electron chi connectivity index (χ4n) is 2.79. The molecule has 1 aliphatic heterocycles. The van der Waals surface area contributed by atoms with Crippen molar-refractivity contribution in [2.24, 2.45) is 16.8 Å². The largest absolute Gasteiger partial charge is 0.465 e. The van der Waals surface area contributed by atoms with E-state index in [9.17, 15) is 9.59 Å². The molecule has 0 aromatic heterocycles. The number of aliphatic imine (C=N–C) groups is 1. The smallest absolute Gasteiger partial charge is 0.336 e. The van der Waals surface area contributed by atoms with Crippen molar-refractivity contribution in [3.05, 3.63) is 11.3 Å². The summed E-state index contributed by atoms with van der Waals surface area (Å²) in [5, 5.41) is 0. The molecule has 0 N–H and O–H groups in total. The summed E-state index contributed by atoms with van der Waals surface area (Å²) < 4.78 is 10.3. The lowest BCUT2D eigenvalue weighted by molar-refractivity contribution is -0.147. The van der Waals surface area contributed by atoms with Crippen molar-refractivity contribution in [3.8, 4) is 0 Å². The van der Waals surface area contributed by atoms with Gasteiger partial charge in [0.1, 0.15) is 5.92 Å². The van der Waals surface area contributed by atoms with Crippen LogP contribution in [0.3, 0.4) is 0 Å². The first kappa shape index (κ1) is 18.4. The molecule has 2 atom stereocenters. The average molecular weight is 309 g/mol. The molecule has 0 bridgehead atoms. The zero-order chi connectivity index (χ0) is 16.7. The first-order valence-corrected chi connectivity index (χ1v) is 8.09. The molecule has 5 heteroatoms. The summed E-state index contributed by atoms with van der Waals surface area (Å²) in [5.74, 6) is -1.48. The van der Waals surface area contributed by atoms with Gasteiger partial charge in [-0.25, -0.2) is 4.79 Å². The Labute approximate surface area is 132 Å². The fourth-order valence-corrected chi connectivity index (χ4v) is 2.79. The molecule has 124 valence electrons.